The van der Waals surface area contributed by atoms with Crippen molar-refractivity contribution >= 4 is 5.78 Å². The summed E-state index contributed by atoms with van der Waals surface area (Å²) in [6.45, 7) is 5.67. The Labute approximate surface area is 80.1 Å². The van der Waals surface area contributed by atoms with Gasteiger partial charge in [-0.3, -0.25) is 4.79 Å². The van der Waals surface area contributed by atoms with E-state index in [1.807, 2.05) is 6.92 Å². The summed E-state index contributed by atoms with van der Waals surface area (Å²) in [6, 6.07) is 0. The average molecular weight is 179 g/mol. The summed E-state index contributed by atoms with van der Waals surface area (Å²) in [5, 5.41) is 3.23. The van der Waals surface area contributed by atoms with Gasteiger partial charge in [-0.2, -0.15) is 0 Å². The van der Waals surface area contributed by atoms with Crippen molar-refractivity contribution in [3.63, 3.8) is 0 Å². The molecule has 0 aromatic carbocycles. The van der Waals surface area contributed by atoms with Crippen LogP contribution in [0.25, 0.3) is 0 Å². The van der Waals surface area contributed by atoms with Crippen LogP contribution >= 0.6 is 0 Å². The first kappa shape index (κ1) is 10.3. The molecule has 0 amide bonds. The van der Waals surface area contributed by atoms with E-state index in [1.165, 1.54) is 0 Å². The van der Waals surface area contributed by atoms with Crippen LogP contribution in [0.4, 0.5) is 0 Å². The summed E-state index contributed by atoms with van der Waals surface area (Å²) >= 11 is 0. The monoisotopic (exact) mass is 179 g/mol. The molecule has 1 saturated heterocycles. The minimum atomic E-state index is -0.116. The highest BCUT2D eigenvalue weighted by atomic mass is 16.1. The van der Waals surface area contributed by atoms with Gasteiger partial charge >= 0.3 is 0 Å². The summed E-state index contributed by atoms with van der Waals surface area (Å²) < 4.78 is 0. The molecule has 1 atom stereocenters. The quantitative estimate of drug-likeness (QED) is 0.663. The summed E-state index contributed by atoms with van der Waals surface area (Å²) in [6.07, 6.45) is 2.30. The maximum atomic E-state index is 11.7. The van der Waals surface area contributed by atoms with Gasteiger partial charge in [-0.25, -0.2) is 0 Å². The second-order valence-electron chi connectivity index (χ2n) is 3.84. The Bertz CT molecular complexity index is 241. The number of carbonyl (C=O) groups is 1. The van der Waals surface area contributed by atoms with Crippen molar-refractivity contribution in [3.8, 4) is 11.8 Å². The topological polar surface area (TPSA) is 29.1 Å². The molecular weight excluding hydrogens is 162 g/mol. The second-order valence-corrected chi connectivity index (χ2v) is 3.84. The molecule has 1 N–H and O–H groups in total. The lowest BCUT2D eigenvalue weighted by atomic mass is 9.83. The molecule has 13 heavy (non-hydrogen) atoms. The molecule has 1 heterocycles. The Kier molecular flexibility index (Phi) is 3.50. The Balaban J connectivity index is 2.40. The van der Waals surface area contributed by atoms with Crippen LogP contribution in [0.5, 0.6) is 0 Å². The molecule has 2 nitrogen and oxygen atoms in total. The summed E-state index contributed by atoms with van der Waals surface area (Å²) in [7, 11) is 0. The molecule has 0 bridgehead atoms. The first-order valence-electron chi connectivity index (χ1n) is 4.83. The van der Waals surface area contributed by atoms with Crippen molar-refractivity contribution in [1.82, 2.24) is 5.32 Å². The van der Waals surface area contributed by atoms with Crippen molar-refractivity contribution < 1.29 is 4.79 Å². The van der Waals surface area contributed by atoms with Gasteiger partial charge in [0.25, 0.3) is 0 Å². The van der Waals surface area contributed by atoms with E-state index >= 15 is 0 Å². The third-order valence-electron chi connectivity index (χ3n) is 2.70. The summed E-state index contributed by atoms with van der Waals surface area (Å²) in [5.41, 5.74) is -0.116. The maximum Gasteiger partial charge on any atom is 0.141 e. The van der Waals surface area contributed by atoms with Gasteiger partial charge in [0.15, 0.2) is 0 Å². The van der Waals surface area contributed by atoms with E-state index in [0.717, 1.165) is 19.5 Å². The number of Topliss-reactive ketones (excluding diaryl/α,β-unsaturated/α-hetero) is 1. The van der Waals surface area contributed by atoms with Crippen LogP contribution in [0, 0.1) is 17.3 Å². The predicted octanol–water partition coefficient (Wildman–Crippen LogP) is 1.36. The highest BCUT2D eigenvalue weighted by molar-refractivity contribution is 5.85. The zero-order valence-corrected chi connectivity index (χ0v) is 8.44. The molecule has 1 aliphatic rings. The number of ketones is 1. The van der Waals surface area contributed by atoms with Crippen molar-refractivity contribution in [2.45, 2.75) is 33.1 Å². The second kappa shape index (κ2) is 4.43. The fraction of sp³-hybridized carbons (Fsp3) is 0.727. The minimum absolute atomic E-state index is 0.116. The van der Waals surface area contributed by atoms with Crippen molar-refractivity contribution in [3.05, 3.63) is 0 Å². The lowest BCUT2D eigenvalue weighted by molar-refractivity contribution is -0.126. The number of rotatable bonds is 3. The van der Waals surface area contributed by atoms with Crippen molar-refractivity contribution in [1.29, 1.82) is 0 Å². The molecule has 1 rings (SSSR count). The van der Waals surface area contributed by atoms with E-state index < -0.39 is 0 Å². The minimum Gasteiger partial charge on any atom is -0.316 e. The van der Waals surface area contributed by atoms with Crippen LogP contribution in [0.15, 0.2) is 0 Å². The van der Waals surface area contributed by atoms with Gasteiger partial charge in [-0.15, -0.1) is 11.8 Å². The third kappa shape index (κ3) is 2.57. The largest absolute Gasteiger partial charge is 0.316 e. The Morgan fingerprint density at radius 1 is 1.62 bits per heavy atom. The van der Waals surface area contributed by atoms with Crippen molar-refractivity contribution in [2.24, 2.45) is 5.41 Å². The normalized spacial score (nSPS) is 26.6. The molecule has 72 valence electrons. The van der Waals surface area contributed by atoms with E-state index in [0.29, 0.717) is 18.6 Å². The van der Waals surface area contributed by atoms with Crippen LogP contribution in [0.2, 0.25) is 0 Å². The molecule has 1 unspecified atom stereocenters. The van der Waals surface area contributed by atoms with Gasteiger partial charge < -0.3 is 5.32 Å². The van der Waals surface area contributed by atoms with Crippen molar-refractivity contribution in [2.75, 3.05) is 13.1 Å². The fourth-order valence-electron chi connectivity index (χ4n) is 1.66. The molecule has 2 heteroatoms. The van der Waals surface area contributed by atoms with E-state index in [2.05, 4.69) is 24.1 Å². The molecule has 0 aromatic rings. The average Bonchev–Trinajstić information content (AvgIpc) is 2.54. The number of hydrogen-bond acceptors (Lipinski definition) is 2. The zero-order valence-electron chi connectivity index (χ0n) is 8.44. The van der Waals surface area contributed by atoms with E-state index in [4.69, 9.17) is 0 Å². The standard InChI is InChI=1S/C11H17NO/c1-3-4-5-6-10(13)11(2)7-8-12-9-11/h12H,5-9H2,1-2H3. The molecule has 0 spiro atoms. The van der Waals surface area contributed by atoms with Gasteiger partial charge in [0.05, 0.1) is 0 Å². The van der Waals surface area contributed by atoms with Crippen LogP contribution in [-0.2, 0) is 4.79 Å². The fourth-order valence-corrected chi connectivity index (χ4v) is 1.66. The van der Waals surface area contributed by atoms with Crippen LogP contribution in [0.3, 0.4) is 0 Å². The van der Waals surface area contributed by atoms with Gasteiger partial charge in [-0.05, 0) is 19.9 Å². The number of nitrogens with one attached hydrogen (secondary N) is 1. The van der Waals surface area contributed by atoms with Crippen LogP contribution in [-0.4, -0.2) is 18.9 Å². The maximum absolute atomic E-state index is 11.7. The van der Waals surface area contributed by atoms with Crippen LogP contribution < -0.4 is 5.32 Å². The van der Waals surface area contributed by atoms with Gasteiger partial charge in [-0.1, -0.05) is 6.92 Å². The van der Waals surface area contributed by atoms with E-state index in [1.54, 1.807) is 0 Å². The lowest BCUT2D eigenvalue weighted by Crippen LogP contribution is -2.29. The molecule has 0 radical (unpaired) electrons. The zero-order chi connectivity index (χ0) is 9.73. The molecule has 0 saturated carbocycles. The summed E-state index contributed by atoms with van der Waals surface area (Å²) in [5.74, 6) is 6.10. The first-order valence-corrected chi connectivity index (χ1v) is 4.83. The van der Waals surface area contributed by atoms with E-state index in [-0.39, 0.29) is 5.41 Å². The van der Waals surface area contributed by atoms with Crippen LogP contribution in [0.1, 0.15) is 33.1 Å². The molecule has 1 fully saturated rings. The van der Waals surface area contributed by atoms with Gasteiger partial charge in [0.1, 0.15) is 5.78 Å². The molecule has 0 aliphatic carbocycles. The molecule has 0 aromatic heterocycles. The van der Waals surface area contributed by atoms with Gasteiger partial charge in [0.2, 0.25) is 0 Å². The first-order chi connectivity index (χ1) is 6.19. The van der Waals surface area contributed by atoms with E-state index in [9.17, 15) is 4.79 Å². The SMILES string of the molecule is CC#CCCC(=O)C1(C)CCNC1. The highest BCUT2D eigenvalue weighted by Gasteiger charge is 2.34. The number of carbonyl (C=O) groups excluding carboxylic acids is 1. The molecule has 1 aliphatic heterocycles. The number of hydrogen-bond donors (Lipinski definition) is 1. The Morgan fingerprint density at radius 3 is 2.92 bits per heavy atom. The predicted molar refractivity (Wildman–Crippen MR) is 53.3 cm³/mol. The lowest BCUT2D eigenvalue weighted by Gasteiger charge is -2.19. The van der Waals surface area contributed by atoms with Gasteiger partial charge in [0, 0.05) is 24.8 Å². The molecular formula is C11H17NO. The smallest absolute Gasteiger partial charge is 0.141 e. The summed E-state index contributed by atoms with van der Waals surface area (Å²) in [4.78, 5) is 11.7. The third-order valence-corrected chi connectivity index (χ3v) is 2.70. The Hall–Kier alpha value is -0.810. The highest BCUT2D eigenvalue weighted by Crippen LogP contribution is 2.27. The Morgan fingerprint density at radius 2 is 2.38 bits per heavy atom.